The highest BCUT2D eigenvalue weighted by Crippen LogP contribution is 2.22. The first-order valence-corrected chi connectivity index (χ1v) is 10.6. The van der Waals surface area contributed by atoms with Crippen LogP contribution in [0.3, 0.4) is 0 Å². The van der Waals surface area contributed by atoms with Crippen LogP contribution in [0, 0.1) is 18.6 Å². The molecule has 1 aromatic heterocycles. The number of hydrogen-bond donors (Lipinski definition) is 0. The lowest BCUT2D eigenvalue weighted by Crippen LogP contribution is -2.49. The van der Waals surface area contributed by atoms with Crippen molar-refractivity contribution in [3.63, 3.8) is 0 Å². The number of piperazine rings is 2. The number of halogens is 2. The van der Waals surface area contributed by atoms with Gasteiger partial charge in [0.25, 0.3) is 0 Å². The van der Waals surface area contributed by atoms with Crippen LogP contribution in [0.15, 0.2) is 24.3 Å². The molecule has 0 atom stereocenters. The number of rotatable bonds is 4. The molecule has 4 rings (SSSR count). The molecule has 7 nitrogen and oxygen atoms in total. The Morgan fingerprint density at radius 2 is 1.48 bits per heavy atom. The summed E-state index contributed by atoms with van der Waals surface area (Å²) in [6.45, 7) is 8.17. The molecular formula is C22H28F2N6O. The van der Waals surface area contributed by atoms with Crippen molar-refractivity contribution < 1.29 is 13.6 Å². The fourth-order valence-electron chi connectivity index (χ4n) is 4.02. The van der Waals surface area contributed by atoms with Crippen LogP contribution in [-0.2, 0) is 11.2 Å². The molecule has 0 aliphatic carbocycles. The van der Waals surface area contributed by atoms with Crippen LogP contribution in [0.2, 0.25) is 0 Å². The summed E-state index contributed by atoms with van der Waals surface area (Å²) in [5, 5.41) is 0. The molecule has 1 aromatic carbocycles. The maximum Gasteiger partial charge on any atom is 0.227 e. The molecule has 2 fully saturated rings. The summed E-state index contributed by atoms with van der Waals surface area (Å²) >= 11 is 0. The molecule has 0 bridgehead atoms. The highest BCUT2D eigenvalue weighted by Gasteiger charge is 2.24. The first kappa shape index (κ1) is 21.4. The van der Waals surface area contributed by atoms with E-state index in [1.807, 2.05) is 13.0 Å². The molecular weight excluding hydrogens is 402 g/mol. The average Bonchev–Trinajstić information content (AvgIpc) is 2.76. The Labute approximate surface area is 181 Å². The van der Waals surface area contributed by atoms with E-state index in [1.165, 1.54) is 12.1 Å². The predicted molar refractivity (Wildman–Crippen MR) is 115 cm³/mol. The summed E-state index contributed by atoms with van der Waals surface area (Å²) < 4.78 is 27.0. The van der Waals surface area contributed by atoms with Gasteiger partial charge in [0.15, 0.2) is 0 Å². The minimum atomic E-state index is -0.681. The van der Waals surface area contributed by atoms with E-state index in [0.29, 0.717) is 26.2 Å². The van der Waals surface area contributed by atoms with E-state index in [2.05, 4.69) is 31.7 Å². The van der Waals surface area contributed by atoms with Crippen molar-refractivity contribution in [3.8, 4) is 0 Å². The largest absolute Gasteiger partial charge is 0.354 e. The van der Waals surface area contributed by atoms with Gasteiger partial charge in [-0.2, -0.15) is 0 Å². The van der Waals surface area contributed by atoms with Gasteiger partial charge in [0.05, 0.1) is 6.42 Å². The van der Waals surface area contributed by atoms with Gasteiger partial charge < -0.3 is 19.6 Å². The normalized spacial score (nSPS) is 17.9. The van der Waals surface area contributed by atoms with Crippen molar-refractivity contribution in [2.45, 2.75) is 13.3 Å². The van der Waals surface area contributed by atoms with E-state index in [4.69, 9.17) is 0 Å². The number of likely N-dealkylation sites (N-methyl/N-ethyl adjacent to an activating group) is 1. The highest BCUT2D eigenvalue weighted by molar-refractivity contribution is 5.79. The maximum atomic E-state index is 13.9. The number of carbonyl (C=O) groups excluding carboxylic acids is 1. The molecule has 31 heavy (non-hydrogen) atoms. The molecule has 0 N–H and O–H groups in total. The smallest absolute Gasteiger partial charge is 0.227 e. The molecule has 0 saturated carbocycles. The van der Waals surface area contributed by atoms with Crippen molar-refractivity contribution in [1.82, 2.24) is 19.8 Å². The van der Waals surface area contributed by atoms with Gasteiger partial charge in [-0.1, -0.05) is 6.07 Å². The first-order valence-electron chi connectivity index (χ1n) is 10.6. The van der Waals surface area contributed by atoms with Crippen molar-refractivity contribution >= 4 is 17.5 Å². The van der Waals surface area contributed by atoms with E-state index in [9.17, 15) is 13.6 Å². The monoisotopic (exact) mass is 430 g/mol. The Hall–Kier alpha value is -2.81. The Morgan fingerprint density at radius 3 is 2.06 bits per heavy atom. The van der Waals surface area contributed by atoms with E-state index in [-0.39, 0.29) is 17.9 Å². The number of nitrogens with zero attached hydrogens (tertiary/aromatic N) is 6. The van der Waals surface area contributed by atoms with Crippen molar-refractivity contribution in [1.29, 1.82) is 0 Å². The Morgan fingerprint density at radius 1 is 0.903 bits per heavy atom. The quantitative estimate of drug-likeness (QED) is 0.736. The van der Waals surface area contributed by atoms with E-state index in [0.717, 1.165) is 49.7 Å². The number of hydrogen-bond acceptors (Lipinski definition) is 6. The summed E-state index contributed by atoms with van der Waals surface area (Å²) in [7, 11) is 2.12. The first-order chi connectivity index (χ1) is 14.9. The summed E-state index contributed by atoms with van der Waals surface area (Å²) in [6.07, 6.45) is -0.0632. The minimum absolute atomic E-state index is 0.0632. The second-order valence-corrected chi connectivity index (χ2v) is 8.20. The third-order valence-corrected chi connectivity index (χ3v) is 5.95. The molecule has 2 aliphatic rings. The zero-order valence-corrected chi connectivity index (χ0v) is 18.0. The number of carbonyl (C=O) groups is 1. The lowest BCUT2D eigenvalue weighted by atomic mass is 10.1. The average molecular weight is 431 g/mol. The molecule has 2 aromatic rings. The lowest BCUT2D eigenvalue weighted by molar-refractivity contribution is -0.130. The molecule has 0 radical (unpaired) electrons. The van der Waals surface area contributed by atoms with Gasteiger partial charge in [0.1, 0.15) is 29.1 Å². The van der Waals surface area contributed by atoms with Gasteiger partial charge in [-0.15, -0.1) is 0 Å². The van der Waals surface area contributed by atoms with Crippen LogP contribution >= 0.6 is 0 Å². The topological polar surface area (TPSA) is 55.8 Å². The van der Waals surface area contributed by atoms with Crippen LogP contribution in [0.1, 0.15) is 11.4 Å². The van der Waals surface area contributed by atoms with Crippen LogP contribution < -0.4 is 9.80 Å². The van der Waals surface area contributed by atoms with Gasteiger partial charge in [0.2, 0.25) is 5.91 Å². The summed E-state index contributed by atoms with van der Waals surface area (Å²) in [5.41, 5.74) is 0.220. The summed E-state index contributed by atoms with van der Waals surface area (Å²) in [4.78, 5) is 30.3. The number of benzene rings is 1. The molecule has 1 amide bonds. The second-order valence-electron chi connectivity index (χ2n) is 8.20. The Bertz CT molecular complexity index is 940. The number of anilines is 2. The zero-order chi connectivity index (χ0) is 22.0. The molecule has 0 spiro atoms. The molecule has 3 heterocycles. The zero-order valence-electron chi connectivity index (χ0n) is 18.0. The second kappa shape index (κ2) is 9.13. The SMILES string of the molecule is Cc1nc(N2CCN(C)CC2)cc(N2CCN(C(=O)Cc3ccc(F)cc3F)CC2)n1. The van der Waals surface area contributed by atoms with Crippen molar-refractivity contribution in [2.24, 2.45) is 0 Å². The van der Waals surface area contributed by atoms with Crippen molar-refractivity contribution in [3.05, 3.63) is 47.3 Å². The van der Waals surface area contributed by atoms with Gasteiger partial charge >= 0.3 is 0 Å². The van der Waals surface area contributed by atoms with Crippen molar-refractivity contribution in [2.75, 3.05) is 69.2 Å². The third kappa shape index (κ3) is 5.10. The fraction of sp³-hybridized carbons (Fsp3) is 0.500. The standard InChI is InChI=1S/C22H28F2N6O/c1-16-25-20(28-7-5-27(2)6-8-28)15-21(26-16)29-9-11-30(12-10-29)22(31)13-17-3-4-18(23)14-19(17)24/h3-4,14-15H,5-13H2,1-2H3. The lowest BCUT2D eigenvalue weighted by Gasteiger charge is -2.37. The molecule has 2 saturated heterocycles. The number of aromatic nitrogens is 2. The Kier molecular flexibility index (Phi) is 6.31. The number of aryl methyl sites for hydroxylation is 1. The molecule has 9 heteroatoms. The van der Waals surface area contributed by atoms with Gasteiger partial charge in [-0.05, 0) is 25.6 Å². The summed E-state index contributed by atoms with van der Waals surface area (Å²) in [5.74, 6) is 1.08. The van der Waals surface area contributed by atoms with Gasteiger partial charge in [-0.3, -0.25) is 4.79 Å². The van der Waals surface area contributed by atoms with Crippen LogP contribution in [0.5, 0.6) is 0 Å². The maximum absolute atomic E-state index is 13.9. The van der Waals surface area contributed by atoms with E-state index >= 15 is 0 Å². The van der Waals surface area contributed by atoms with E-state index < -0.39 is 11.6 Å². The Balaban J connectivity index is 1.37. The van der Waals surface area contributed by atoms with Crippen LogP contribution in [0.25, 0.3) is 0 Å². The molecule has 166 valence electrons. The predicted octanol–water partition coefficient (Wildman–Crippen LogP) is 1.71. The summed E-state index contributed by atoms with van der Waals surface area (Å²) in [6, 6.07) is 5.36. The molecule has 2 aliphatic heterocycles. The van der Waals surface area contributed by atoms with Crippen LogP contribution in [0.4, 0.5) is 20.4 Å². The van der Waals surface area contributed by atoms with Gasteiger partial charge in [0, 0.05) is 64.5 Å². The fourth-order valence-corrected chi connectivity index (χ4v) is 4.02. The van der Waals surface area contributed by atoms with Crippen LogP contribution in [-0.4, -0.2) is 85.1 Å². The molecule has 0 unspecified atom stereocenters. The van der Waals surface area contributed by atoms with E-state index in [1.54, 1.807) is 4.90 Å². The minimum Gasteiger partial charge on any atom is -0.354 e. The number of amides is 1. The third-order valence-electron chi connectivity index (χ3n) is 5.95. The van der Waals surface area contributed by atoms with Gasteiger partial charge in [-0.25, -0.2) is 18.7 Å². The highest BCUT2D eigenvalue weighted by atomic mass is 19.1.